The van der Waals surface area contributed by atoms with Crippen LogP contribution < -0.4 is 11.1 Å². The number of aryl methyl sites for hydroxylation is 1. The zero-order valence-corrected chi connectivity index (χ0v) is 9.03. The van der Waals surface area contributed by atoms with Gasteiger partial charge in [-0.3, -0.25) is 4.79 Å². The van der Waals surface area contributed by atoms with Gasteiger partial charge in [0.25, 0.3) is 5.91 Å². The third-order valence-corrected chi connectivity index (χ3v) is 2.14. The number of nitrogens with zero attached hydrogens (tertiary/aromatic N) is 1. The molecular formula is C10H17N3O2. The highest BCUT2D eigenvalue weighted by molar-refractivity contribution is 5.94. The van der Waals surface area contributed by atoms with E-state index in [0.29, 0.717) is 17.9 Å². The van der Waals surface area contributed by atoms with Crippen molar-refractivity contribution in [3.63, 3.8) is 0 Å². The Morgan fingerprint density at radius 2 is 2.40 bits per heavy atom. The molecule has 1 aromatic heterocycles. The summed E-state index contributed by atoms with van der Waals surface area (Å²) in [6.07, 6.45) is 1.72. The van der Waals surface area contributed by atoms with Crippen molar-refractivity contribution in [2.45, 2.75) is 26.4 Å². The lowest BCUT2D eigenvalue weighted by Gasteiger charge is -2.11. The highest BCUT2D eigenvalue weighted by atomic mass is 16.3. The molecule has 0 saturated carbocycles. The average Bonchev–Trinajstić information content (AvgIpc) is 2.59. The molecule has 0 aliphatic heterocycles. The predicted molar refractivity (Wildman–Crippen MR) is 58.5 cm³/mol. The van der Waals surface area contributed by atoms with E-state index in [4.69, 9.17) is 10.8 Å². The number of aliphatic hydroxyl groups is 1. The Balaban J connectivity index is 2.81. The summed E-state index contributed by atoms with van der Waals surface area (Å²) in [5.41, 5.74) is 6.70. The van der Waals surface area contributed by atoms with Crippen molar-refractivity contribution in [3.05, 3.63) is 18.0 Å². The summed E-state index contributed by atoms with van der Waals surface area (Å²) in [5.74, 6) is -0.213. The third-order valence-electron chi connectivity index (χ3n) is 2.14. The van der Waals surface area contributed by atoms with Gasteiger partial charge in [-0.2, -0.15) is 0 Å². The van der Waals surface area contributed by atoms with Crippen LogP contribution in [0.4, 0.5) is 5.69 Å². The summed E-state index contributed by atoms with van der Waals surface area (Å²) in [6.45, 7) is 4.29. The molecule has 84 valence electrons. The number of amides is 1. The minimum absolute atomic E-state index is 0.0753. The summed E-state index contributed by atoms with van der Waals surface area (Å²) in [7, 11) is 0. The van der Waals surface area contributed by atoms with Crippen molar-refractivity contribution < 1.29 is 9.90 Å². The van der Waals surface area contributed by atoms with Gasteiger partial charge in [-0.05, 0) is 19.9 Å². The number of anilines is 1. The summed E-state index contributed by atoms with van der Waals surface area (Å²) in [4.78, 5) is 11.7. The van der Waals surface area contributed by atoms with E-state index in [0.717, 1.165) is 0 Å². The van der Waals surface area contributed by atoms with Crippen LogP contribution in [0, 0.1) is 0 Å². The van der Waals surface area contributed by atoms with E-state index in [1.54, 1.807) is 23.8 Å². The number of aromatic nitrogens is 1. The first-order valence-electron chi connectivity index (χ1n) is 4.95. The lowest BCUT2D eigenvalue weighted by molar-refractivity contribution is 0.0913. The second-order valence-electron chi connectivity index (χ2n) is 3.50. The minimum Gasteiger partial charge on any atom is -0.397 e. The molecule has 1 amide bonds. The van der Waals surface area contributed by atoms with Gasteiger partial charge in [-0.15, -0.1) is 0 Å². The molecular weight excluding hydrogens is 194 g/mol. The smallest absolute Gasteiger partial charge is 0.268 e. The molecule has 15 heavy (non-hydrogen) atoms. The van der Waals surface area contributed by atoms with Crippen molar-refractivity contribution in [2.75, 3.05) is 12.3 Å². The Morgan fingerprint density at radius 1 is 1.73 bits per heavy atom. The summed E-state index contributed by atoms with van der Waals surface area (Å²) in [5, 5.41) is 11.5. The highest BCUT2D eigenvalue weighted by Crippen LogP contribution is 2.10. The molecule has 0 aromatic carbocycles. The first-order chi connectivity index (χ1) is 7.08. The van der Waals surface area contributed by atoms with Crippen molar-refractivity contribution in [2.24, 2.45) is 0 Å². The summed E-state index contributed by atoms with van der Waals surface area (Å²) in [6, 6.07) is 1.38. The van der Waals surface area contributed by atoms with Gasteiger partial charge in [0.15, 0.2) is 0 Å². The Bertz CT molecular complexity index is 346. The molecule has 0 radical (unpaired) electrons. The zero-order chi connectivity index (χ0) is 11.4. The van der Waals surface area contributed by atoms with Gasteiger partial charge in [0, 0.05) is 18.8 Å². The number of nitrogen functional groups attached to an aromatic ring is 1. The van der Waals surface area contributed by atoms with Crippen LogP contribution >= 0.6 is 0 Å². The van der Waals surface area contributed by atoms with Gasteiger partial charge in [0.2, 0.25) is 0 Å². The van der Waals surface area contributed by atoms with Gasteiger partial charge >= 0.3 is 0 Å². The molecule has 0 spiro atoms. The molecule has 1 atom stereocenters. The number of carbonyl (C=O) groups excluding carboxylic acids is 1. The maximum Gasteiger partial charge on any atom is 0.268 e. The number of nitrogens with one attached hydrogen (secondary N) is 1. The lowest BCUT2D eigenvalue weighted by atomic mass is 10.3. The predicted octanol–water partition coefficient (Wildman–Crippen LogP) is 0.201. The van der Waals surface area contributed by atoms with E-state index < -0.39 is 0 Å². The fourth-order valence-corrected chi connectivity index (χ4v) is 1.33. The quantitative estimate of drug-likeness (QED) is 0.665. The van der Waals surface area contributed by atoms with Gasteiger partial charge < -0.3 is 20.7 Å². The van der Waals surface area contributed by atoms with Crippen molar-refractivity contribution >= 4 is 11.6 Å². The van der Waals surface area contributed by atoms with E-state index in [2.05, 4.69) is 5.32 Å². The van der Waals surface area contributed by atoms with Gasteiger partial charge in [-0.1, -0.05) is 0 Å². The van der Waals surface area contributed by atoms with Crippen LogP contribution in [0.25, 0.3) is 0 Å². The average molecular weight is 211 g/mol. The van der Waals surface area contributed by atoms with Gasteiger partial charge in [0.05, 0.1) is 12.3 Å². The molecule has 0 unspecified atom stereocenters. The molecule has 1 rings (SSSR count). The molecule has 5 nitrogen and oxygen atoms in total. The van der Waals surface area contributed by atoms with Crippen molar-refractivity contribution in [1.29, 1.82) is 0 Å². The second-order valence-corrected chi connectivity index (χ2v) is 3.50. The maximum atomic E-state index is 11.7. The van der Waals surface area contributed by atoms with Gasteiger partial charge in [0.1, 0.15) is 5.69 Å². The molecule has 1 heterocycles. The van der Waals surface area contributed by atoms with Crippen molar-refractivity contribution in [1.82, 2.24) is 9.88 Å². The monoisotopic (exact) mass is 211 g/mol. The summed E-state index contributed by atoms with van der Waals surface area (Å²) >= 11 is 0. The molecule has 0 bridgehead atoms. The molecule has 0 aliphatic carbocycles. The Labute approximate surface area is 88.9 Å². The minimum atomic E-state index is -0.251. The van der Waals surface area contributed by atoms with E-state index in [-0.39, 0.29) is 18.6 Å². The number of carbonyl (C=O) groups is 1. The highest BCUT2D eigenvalue weighted by Gasteiger charge is 2.13. The van der Waals surface area contributed by atoms with E-state index in [1.165, 1.54) is 0 Å². The molecule has 1 aromatic rings. The number of nitrogens with two attached hydrogens (primary N) is 1. The SMILES string of the molecule is CCn1cc(N)cc1C(=O)N[C@@H](C)CO. The molecule has 5 heteroatoms. The first-order valence-corrected chi connectivity index (χ1v) is 4.95. The first kappa shape index (κ1) is 11.6. The number of hydrogen-bond donors (Lipinski definition) is 3. The Kier molecular flexibility index (Phi) is 3.74. The maximum absolute atomic E-state index is 11.7. The third kappa shape index (κ3) is 2.73. The molecule has 4 N–H and O–H groups in total. The second kappa shape index (κ2) is 4.84. The number of aliphatic hydroxyl groups excluding tert-OH is 1. The van der Waals surface area contributed by atoms with Crippen LogP contribution in [0.15, 0.2) is 12.3 Å². The van der Waals surface area contributed by atoms with E-state index in [1.807, 2.05) is 6.92 Å². The van der Waals surface area contributed by atoms with Gasteiger partial charge in [-0.25, -0.2) is 0 Å². The van der Waals surface area contributed by atoms with Crippen LogP contribution in [-0.2, 0) is 6.54 Å². The van der Waals surface area contributed by atoms with Crippen LogP contribution in [-0.4, -0.2) is 28.2 Å². The molecule has 0 fully saturated rings. The Hall–Kier alpha value is -1.49. The van der Waals surface area contributed by atoms with Crippen LogP contribution in [0.1, 0.15) is 24.3 Å². The Morgan fingerprint density at radius 3 is 2.93 bits per heavy atom. The zero-order valence-electron chi connectivity index (χ0n) is 9.03. The summed E-state index contributed by atoms with van der Waals surface area (Å²) < 4.78 is 1.77. The molecule has 0 aliphatic rings. The van der Waals surface area contributed by atoms with Crippen LogP contribution in [0.5, 0.6) is 0 Å². The number of rotatable bonds is 4. The lowest BCUT2D eigenvalue weighted by Crippen LogP contribution is -2.36. The largest absolute Gasteiger partial charge is 0.397 e. The molecule has 0 saturated heterocycles. The normalized spacial score (nSPS) is 12.5. The fourth-order valence-electron chi connectivity index (χ4n) is 1.33. The fraction of sp³-hybridized carbons (Fsp3) is 0.500. The van der Waals surface area contributed by atoms with Crippen molar-refractivity contribution in [3.8, 4) is 0 Å². The van der Waals surface area contributed by atoms with E-state index >= 15 is 0 Å². The standard InChI is InChI=1S/C10H17N3O2/c1-3-13-5-8(11)4-9(13)10(15)12-7(2)6-14/h4-5,7,14H,3,6,11H2,1-2H3,(H,12,15)/t7-/m0/s1. The topological polar surface area (TPSA) is 80.3 Å². The van der Waals surface area contributed by atoms with Crippen LogP contribution in [0.2, 0.25) is 0 Å². The number of hydrogen-bond acceptors (Lipinski definition) is 3. The van der Waals surface area contributed by atoms with E-state index in [9.17, 15) is 4.79 Å². The van der Waals surface area contributed by atoms with Crippen LogP contribution in [0.3, 0.4) is 0 Å².